The highest BCUT2D eigenvalue weighted by Gasteiger charge is 2.40. The van der Waals surface area contributed by atoms with Crippen LogP contribution in [0.2, 0.25) is 0 Å². The van der Waals surface area contributed by atoms with Gasteiger partial charge in [0.25, 0.3) is 0 Å². The minimum absolute atomic E-state index is 0.00163. The largest absolute Gasteiger partial charge is 0.481 e. The Morgan fingerprint density at radius 3 is 1.62 bits per heavy atom. The van der Waals surface area contributed by atoms with Crippen molar-refractivity contribution in [2.45, 2.75) is 157 Å². The number of H-pyrrole nitrogens is 1. The summed E-state index contributed by atoms with van der Waals surface area (Å²) < 4.78 is 0. The molecule has 0 saturated carbocycles. The second-order valence-corrected chi connectivity index (χ2v) is 20.6. The number of para-hydroxylation sites is 1. The van der Waals surface area contributed by atoms with E-state index >= 15 is 0 Å². The lowest BCUT2D eigenvalue weighted by atomic mass is 10.0. The predicted molar refractivity (Wildman–Crippen MR) is 305 cm³/mol. The van der Waals surface area contributed by atoms with E-state index in [0.717, 1.165) is 4.90 Å². The number of carbonyl (C=O) groups is 15. The standard InChI is InChI=1S/C52H77N17O19/c1-24(50(86)69-17-7-12-36(69)49(85)64-31(51(87)88)13-14-37(55)70)61-43(79)30(11-6-16-59-52(57)58)63-48(84)35(22-41(76)77)68-45(81)32(18-25-23-60-28-9-3-2-8-26(25)28)66-46(82)33(20-38(56)71)67-44(80)29(10-4-5-15-53)62-47(83)34(21-40(74)75)65-42(78)27(54)19-39(72)73/h2-3,8-9,23-24,27,29-36,60H,4-7,10-22,53-54H2,1H3,(H2,55,70)(H2,56,71)(H,61,79)(H,62,83)(H,63,84)(H,64,85)(H,65,78)(H,66,82)(H,67,80)(H,68,81)(H,72,73)(H,74,75)(H,76,77)(H,87,88)(H4,57,58,59)/t24-,27-,29-,30-,31-,32-,33-,34-,35-,36-/m0/s1. The number of aliphatic imine (C=N–C) groups is 1. The number of carboxylic acids is 4. The molecule has 0 aliphatic carbocycles. The molecule has 2 aromatic rings. The summed E-state index contributed by atoms with van der Waals surface area (Å²) >= 11 is 0. The van der Waals surface area contributed by atoms with Gasteiger partial charge in [-0.3, -0.25) is 72.1 Å². The molecule has 36 nitrogen and oxygen atoms in total. The van der Waals surface area contributed by atoms with Gasteiger partial charge in [-0.25, -0.2) is 4.79 Å². The number of benzene rings is 1. The number of unbranched alkanes of at least 4 members (excludes halogenated alkanes) is 1. The lowest BCUT2D eigenvalue weighted by molar-refractivity contribution is -0.145. The number of primary amides is 2. The number of nitrogens with one attached hydrogen (secondary N) is 9. The van der Waals surface area contributed by atoms with Crippen LogP contribution >= 0.6 is 0 Å². The van der Waals surface area contributed by atoms with Crippen molar-refractivity contribution in [3.8, 4) is 0 Å². The molecule has 1 aliphatic heterocycles. The summed E-state index contributed by atoms with van der Waals surface area (Å²) in [5, 5.41) is 57.2. The third kappa shape index (κ3) is 24.2. The van der Waals surface area contributed by atoms with Crippen LogP contribution < -0.4 is 76.9 Å². The van der Waals surface area contributed by atoms with Gasteiger partial charge in [0.05, 0.1) is 31.7 Å². The number of carbonyl (C=O) groups excluding carboxylic acids is 11. The van der Waals surface area contributed by atoms with Crippen LogP contribution in [0.25, 0.3) is 10.9 Å². The van der Waals surface area contributed by atoms with Gasteiger partial charge in [0, 0.05) is 43.0 Å². The van der Waals surface area contributed by atoms with E-state index in [9.17, 15) is 87.2 Å². The van der Waals surface area contributed by atoms with Crippen LogP contribution in [0.5, 0.6) is 0 Å². The van der Waals surface area contributed by atoms with E-state index in [1.54, 1.807) is 24.3 Å². The summed E-state index contributed by atoms with van der Waals surface area (Å²) in [6.45, 7) is 1.24. The number of hydrogen-bond acceptors (Lipinski definition) is 18. The number of fused-ring (bicyclic) bond motifs is 1. The van der Waals surface area contributed by atoms with Gasteiger partial charge in [-0.15, -0.1) is 0 Å². The van der Waals surface area contributed by atoms with Crippen LogP contribution in [0.4, 0.5) is 0 Å². The Morgan fingerprint density at radius 1 is 0.591 bits per heavy atom. The first-order valence-electron chi connectivity index (χ1n) is 27.7. The van der Waals surface area contributed by atoms with E-state index in [0.29, 0.717) is 22.9 Å². The fourth-order valence-electron chi connectivity index (χ4n) is 9.10. The Kier molecular flexibility index (Phi) is 29.1. The highest BCUT2D eigenvalue weighted by atomic mass is 16.4. The van der Waals surface area contributed by atoms with E-state index < -0.39 is 181 Å². The van der Waals surface area contributed by atoms with Crippen molar-refractivity contribution in [3.63, 3.8) is 0 Å². The van der Waals surface area contributed by atoms with E-state index in [1.165, 1.54) is 13.1 Å². The Hall–Kier alpha value is -10.00. The minimum Gasteiger partial charge on any atom is -0.481 e. The van der Waals surface area contributed by atoms with Crippen LogP contribution in [0.15, 0.2) is 35.5 Å². The van der Waals surface area contributed by atoms with Crippen molar-refractivity contribution in [2.24, 2.45) is 39.4 Å². The lowest BCUT2D eigenvalue weighted by Crippen LogP contribution is -2.61. The van der Waals surface area contributed by atoms with E-state index in [2.05, 4.69) is 47.2 Å². The van der Waals surface area contributed by atoms with Gasteiger partial charge >= 0.3 is 23.9 Å². The average molecular weight is 1240 g/mol. The Bertz CT molecular complexity index is 2930. The predicted octanol–water partition coefficient (Wildman–Crippen LogP) is -7.24. The summed E-state index contributed by atoms with van der Waals surface area (Å²) in [5.74, 6) is -18.8. The van der Waals surface area contributed by atoms with Crippen LogP contribution in [0, 0.1) is 0 Å². The lowest BCUT2D eigenvalue weighted by Gasteiger charge is -2.29. The van der Waals surface area contributed by atoms with Crippen molar-refractivity contribution in [1.82, 2.24) is 52.4 Å². The normalized spacial score (nSPS) is 15.8. The number of nitrogens with zero attached hydrogens (tertiary/aromatic N) is 2. The number of aliphatic carboxylic acids is 4. The number of rotatable bonds is 39. The molecule has 3 rings (SSSR count). The molecular formula is C52H77N17O19. The number of aromatic nitrogens is 1. The number of guanidine groups is 1. The quantitative estimate of drug-likeness (QED) is 0.0168. The Labute approximate surface area is 501 Å². The Morgan fingerprint density at radius 2 is 1.09 bits per heavy atom. The summed E-state index contributed by atoms with van der Waals surface area (Å²) in [7, 11) is 0. The first-order valence-corrected chi connectivity index (χ1v) is 27.7. The molecule has 2 heterocycles. The van der Waals surface area contributed by atoms with Crippen LogP contribution in [-0.4, -0.2) is 205 Å². The number of amides is 11. The molecule has 88 heavy (non-hydrogen) atoms. The second kappa shape index (κ2) is 35.5. The summed E-state index contributed by atoms with van der Waals surface area (Å²) in [5.41, 5.74) is 33.7. The zero-order valence-corrected chi connectivity index (χ0v) is 48.0. The van der Waals surface area contributed by atoms with Gasteiger partial charge < -0.3 is 107 Å². The average Bonchev–Trinajstić information content (AvgIpc) is 3.38. The molecule has 1 aromatic carbocycles. The molecule has 0 spiro atoms. The summed E-state index contributed by atoms with van der Waals surface area (Å²) in [6.07, 6.45) is -3.60. The third-order valence-electron chi connectivity index (χ3n) is 13.5. The number of hydrogen-bond donors (Lipinski definition) is 19. The topological polar surface area (TPSA) is 621 Å². The molecule has 36 heteroatoms. The first kappa shape index (κ1) is 72.3. The number of likely N-dealkylation sites (tertiary alicyclic amines) is 1. The minimum atomic E-state index is -2.05. The maximum absolute atomic E-state index is 14.6. The van der Waals surface area contributed by atoms with Crippen molar-refractivity contribution in [1.29, 1.82) is 0 Å². The van der Waals surface area contributed by atoms with Gasteiger partial charge in [-0.1, -0.05) is 18.2 Å². The zero-order chi connectivity index (χ0) is 65.9. The van der Waals surface area contributed by atoms with E-state index in [4.69, 9.17) is 39.5 Å². The van der Waals surface area contributed by atoms with Crippen LogP contribution in [-0.2, 0) is 78.3 Å². The van der Waals surface area contributed by atoms with E-state index in [1.807, 2.05) is 5.32 Å². The number of nitrogens with two attached hydrogens (primary N) is 6. The molecule has 25 N–H and O–H groups in total. The van der Waals surface area contributed by atoms with Gasteiger partial charge in [-0.05, 0) is 76.5 Å². The molecular weight excluding hydrogens is 1170 g/mol. The van der Waals surface area contributed by atoms with Gasteiger partial charge in [0.1, 0.15) is 54.4 Å². The summed E-state index contributed by atoms with van der Waals surface area (Å²) in [6, 6.07) is -10.3. The number of carboxylic acid groups (broad SMARTS) is 4. The summed E-state index contributed by atoms with van der Waals surface area (Å²) in [4.78, 5) is 204. The molecule has 10 atom stereocenters. The molecule has 1 aromatic heterocycles. The van der Waals surface area contributed by atoms with Crippen molar-refractivity contribution in [3.05, 3.63) is 36.0 Å². The first-order chi connectivity index (χ1) is 41.4. The van der Waals surface area contributed by atoms with Crippen molar-refractivity contribution >= 4 is 106 Å². The molecule has 1 aliphatic rings. The molecule has 0 radical (unpaired) electrons. The van der Waals surface area contributed by atoms with Gasteiger partial charge in [0.2, 0.25) is 65.0 Å². The fraction of sp³-hybridized carbons (Fsp3) is 0.538. The maximum atomic E-state index is 14.6. The molecule has 0 bridgehead atoms. The SMILES string of the molecule is C[C@H](NC(=O)[C@H](CCCN=C(N)N)NC(=O)[C@H](CC(=O)O)NC(=O)[C@H](Cc1c[nH]c2ccccc12)NC(=O)[C@H](CC(N)=O)NC(=O)[C@H](CCCCN)NC(=O)[C@H](CC(=O)O)NC(=O)[C@@H](N)CC(=O)O)C(=O)N1CCC[C@H]1C(=O)N[C@@H](CCC(N)=O)C(=O)O. The van der Waals surface area contributed by atoms with E-state index in [-0.39, 0.29) is 77.0 Å². The molecule has 1 fully saturated rings. The van der Waals surface area contributed by atoms with Crippen molar-refractivity contribution < 1.29 is 92.3 Å². The highest BCUT2D eigenvalue weighted by Crippen LogP contribution is 2.21. The zero-order valence-electron chi connectivity index (χ0n) is 48.0. The van der Waals surface area contributed by atoms with Crippen molar-refractivity contribution in [2.75, 3.05) is 19.6 Å². The number of aromatic amines is 1. The molecule has 484 valence electrons. The van der Waals surface area contributed by atoms with Crippen LogP contribution in [0.3, 0.4) is 0 Å². The fourth-order valence-corrected chi connectivity index (χ4v) is 9.10. The third-order valence-corrected chi connectivity index (χ3v) is 13.5. The second-order valence-electron chi connectivity index (χ2n) is 20.6. The monoisotopic (exact) mass is 1240 g/mol. The molecule has 1 saturated heterocycles. The van der Waals surface area contributed by atoms with Gasteiger partial charge in [0.15, 0.2) is 5.96 Å². The Balaban J connectivity index is 1.98. The smallest absolute Gasteiger partial charge is 0.326 e. The highest BCUT2D eigenvalue weighted by molar-refractivity contribution is 6.01. The van der Waals surface area contributed by atoms with Gasteiger partial charge in [-0.2, -0.15) is 0 Å². The van der Waals surface area contributed by atoms with Crippen LogP contribution in [0.1, 0.15) is 96.0 Å². The molecule has 0 unspecified atom stereocenters. The maximum Gasteiger partial charge on any atom is 0.326 e. The molecule has 11 amide bonds.